The summed E-state index contributed by atoms with van der Waals surface area (Å²) in [5, 5.41) is 0. The standard InChI is InChI=1S/C12H11FN2O/c1-7-3-4-9(6-10(7)13)11-5-8(2)14-12(16)15-11/h3-6H,1-2H3,(H,14,15,16). The molecule has 0 aliphatic rings. The van der Waals surface area contributed by atoms with Crippen molar-refractivity contribution < 1.29 is 4.39 Å². The summed E-state index contributed by atoms with van der Waals surface area (Å²) >= 11 is 0. The van der Waals surface area contributed by atoms with E-state index in [1.54, 1.807) is 32.0 Å². The largest absolute Gasteiger partial charge is 0.345 e. The summed E-state index contributed by atoms with van der Waals surface area (Å²) < 4.78 is 13.4. The summed E-state index contributed by atoms with van der Waals surface area (Å²) in [6, 6.07) is 6.52. The monoisotopic (exact) mass is 218 g/mol. The SMILES string of the molecule is Cc1cc(-c2ccc(C)c(F)c2)nc(=O)[nH]1. The maximum atomic E-state index is 13.4. The van der Waals surface area contributed by atoms with Crippen LogP contribution in [-0.2, 0) is 0 Å². The van der Waals surface area contributed by atoms with Crippen LogP contribution in [0.1, 0.15) is 11.3 Å². The van der Waals surface area contributed by atoms with Crippen LogP contribution in [0.2, 0.25) is 0 Å². The maximum absolute atomic E-state index is 13.4. The molecule has 0 aliphatic heterocycles. The fourth-order valence-corrected chi connectivity index (χ4v) is 1.48. The van der Waals surface area contributed by atoms with Crippen LogP contribution < -0.4 is 5.69 Å². The summed E-state index contributed by atoms with van der Waals surface area (Å²) in [5.74, 6) is -0.294. The number of H-pyrrole nitrogens is 1. The highest BCUT2D eigenvalue weighted by Gasteiger charge is 2.04. The zero-order chi connectivity index (χ0) is 11.7. The summed E-state index contributed by atoms with van der Waals surface area (Å²) in [5.41, 5.74) is 1.95. The van der Waals surface area contributed by atoms with Crippen LogP contribution in [0.15, 0.2) is 29.1 Å². The second-order valence-electron chi connectivity index (χ2n) is 3.72. The average molecular weight is 218 g/mol. The van der Waals surface area contributed by atoms with Gasteiger partial charge in [0.15, 0.2) is 0 Å². The smallest absolute Gasteiger partial charge is 0.310 e. The highest BCUT2D eigenvalue weighted by Crippen LogP contribution is 2.19. The summed E-state index contributed by atoms with van der Waals surface area (Å²) in [4.78, 5) is 17.5. The number of aryl methyl sites for hydroxylation is 2. The van der Waals surface area contributed by atoms with Gasteiger partial charge in [0, 0.05) is 11.3 Å². The number of aromatic amines is 1. The van der Waals surface area contributed by atoms with Gasteiger partial charge in [0.2, 0.25) is 0 Å². The predicted molar refractivity (Wildman–Crippen MR) is 59.7 cm³/mol. The molecule has 0 saturated heterocycles. The third kappa shape index (κ3) is 2.00. The van der Waals surface area contributed by atoms with Crippen LogP contribution in [0, 0.1) is 19.7 Å². The molecule has 0 aliphatic carbocycles. The van der Waals surface area contributed by atoms with E-state index in [9.17, 15) is 9.18 Å². The van der Waals surface area contributed by atoms with E-state index in [0.717, 1.165) is 0 Å². The van der Waals surface area contributed by atoms with Gasteiger partial charge in [-0.25, -0.2) is 9.18 Å². The number of hydrogen-bond acceptors (Lipinski definition) is 2. The molecule has 4 heteroatoms. The first kappa shape index (κ1) is 10.5. The van der Waals surface area contributed by atoms with Gasteiger partial charge in [0.25, 0.3) is 0 Å². The molecule has 2 rings (SSSR count). The second kappa shape index (κ2) is 3.89. The van der Waals surface area contributed by atoms with Gasteiger partial charge in [-0.2, -0.15) is 4.98 Å². The molecule has 0 amide bonds. The highest BCUT2D eigenvalue weighted by atomic mass is 19.1. The van der Waals surface area contributed by atoms with Crippen molar-refractivity contribution in [3.05, 3.63) is 51.8 Å². The predicted octanol–water partition coefficient (Wildman–Crippen LogP) is 2.19. The number of aromatic nitrogens is 2. The van der Waals surface area contributed by atoms with Crippen molar-refractivity contribution in [1.29, 1.82) is 0 Å². The van der Waals surface area contributed by atoms with Crippen LogP contribution in [0.4, 0.5) is 4.39 Å². The Morgan fingerprint density at radius 2 is 2.00 bits per heavy atom. The molecule has 1 heterocycles. The summed E-state index contributed by atoms with van der Waals surface area (Å²) in [7, 11) is 0. The van der Waals surface area contributed by atoms with E-state index < -0.39 is 5.69 Å². The molecule has 3 nitrogen and oxygen atoms in total. The van der Waals surface area contributed by atoms with Gasteiger partial charge in [-0.3, -0.25) is 0 Å². The van der Waals surface area contributed by atoms with Gasteiger partial charge in [-0.1, -0.05) is 12.1 Å². The fraction of sp³-hybridized carbons (Fsp3) is 0.167. The molecule has 2 aromatic rings. The molecule has 0 unspecified atom stereocenters. The average Bonchev–Trinajstić information content (AvgIpc) is 2.20. The lowest BCUT2D eigenvalue weighted by Gasteiger charge is -2.03. The molecule has 0 saturated carbocycles. The van der Waals surface area contributed by atoms with Gasteiger partial charge in [-0.15, -0.1) is 0 Å². The number of hydrogen-bond donors (Lipinski definition) is 1. The van der Waals surface area contributed by atoms with Crippen molar-refractivity contribution in [2.75, 3.05) is 0 Å². The van der Waals surface area contributed by atoms with Gasteiger partial charge in [0.1, 0.15) is 5.82 Å². The van der Waals surface area contributed by atoms with Crippen molar-refractivity contribution in [3.63, 3.8) is 0 Å². The first-order valence-electron chi connectivity index (χ1n) is 4.91. The van der Waals surface area contributed by atoms with Gasteiger partial charge < -0.3 is 4.98 Å². The summed E-state index contributed by atoms with van der Waals surface area (Å²) in [6.07, 6.45) is 0. The van der Waals surface area contributed by atoms with Gasteiger partial charge >= 0.3 is 5.69 Å². The van der Waals surface area contributed by atoms with E-state index in [-0.39, 0.29) is 5.82 Å². The lowest BCUT2D eigenvalue weighted by Crippen LogP contribution is -2.11. The van der Waals surface area contributed by atoms with Crippen LogP contribution >= 0.6 is 0 Å². The molecule has 1 aromatic heterocycles. The second-order valence-corrected chi connectivity index (χ2v) is 3.72. The summed E-state index contributed by atoms with van der Waals surface area (Å²) in [6.45, 7) is 3.45. The van der Waals surface area contributed by atoms with E-state index in [1.807, 2.05) is 0 Å². The Balaban J connectivity index is 2.58. The van der Waals surface area contributed by atoms with E-state index in [4.69, 9.17) is 0 Å². The first-order chi connectivity index (χ1) is 7.56. The molecule has 16 heavy (non-hydrogen) atoms. The maximum Gasteiger partial charge on any atom is 0.345 e. The van der Waals surface area contributed by atoms with E-state index >= 15 is 0 Å². The lowest BCUT2D eigenvalue weighted by atomic mass is 10.1. The Labute approximate surface area is 92.0 Å². The number of halogens is 1. The topological polar surface area (TPSA) is 45.8 Å². The zero-order valence-electron chi connectivity index (χ0n) is 9.04. The molecule has 0 spiro atoms. The Hall–Kier alpha value is -1.97. The van der Waals surface area contributed by atoms with Crippen LogP contribution in [0.25, 0.3) is 11.3 Å². The van der Waals surface area contributed by atoms with Crippen molar-refractivity contribution in [2.24, 2.45) is 0 Å². The fourth-order valence-electron chi connectivity index (χ4n) is 1.48. The number of rotatable bonds is 1. The lowest BCUT2D eigenvalue weighted by molar-refractivity contribution is 0.619. The minimum absolute atomic E-state index is 0.294. The molecule has 0 radical (unpaired) electrons. The molecular weight excluding hydrogens is 207 g/mol. The number of benzene rings is 1. The molecule has 1 N–H and O–H groups in total. The normalized spacial score (nSPS) is 10.4. The van der Waals surface area contributed by atoms with Crippen LogP contribution in [0.5, 0.6) is 0 Å². The number of nitrogens with one attached hydrogen (secondary N) is 1. The first-order valence-corrected chi connectivity index (χ1v) is 4.91. The molecule has 1 aromatic carbocycles. The molecule has 0 bridgehead atoms. The van der Waals surface area contributed by atoms with E-state index in [1.165, 1.54) is 6.07 Å². The molecular formula is C12H11FN2O. The van der Waals surface area contributed by atoms with E-state index in [2.05, 4.69) is 9.97 Å². The Morgan fingerprint density at radius 3 is 2.62 bits per heavy atom. The molecule has 82 valence electrons. The quantitative estimate of drug-likeness (QED) is 0.797. The Kier molecular flexibility index (Phi) is 2.56. The minimum Gasteiger partial charge on any atom is -0.310 e. The zero-order valence-corrected chi connectivity index (χ0v) is 9.04. The van der Waals surface area contributed by atoms with Crippen molar-refractivity contribution >= 4 is 0 Å². The van der Waals surface area contributed by atoms with Gasteiger partial charge in [0.05, 0.1) is 5.69 Å². The Bertz CT molecular complexity index is 590. The number of nitrogens with zero attached hydrogens (tertiary/aromatic N) is 1. The van der Waals surface area contributed by atoms with Crippen molar-refractivity contribution in [2.45, 2.75) is 13.8 Å². The van der Waals surface area contributed by atoms with Crippen LogP contribution in [0.3, 0.4) is 0 Å². The third-order valence-corrected chi connectivity index (χ3v) is 2.35. The molecule has 0 atom stereocenters. The minimum atomic E-state index is -0.420. The highest BCUT2D eigenvalue weighted by molar-refractivity contribution is 5.59. The van der Waals surface area contributed by atoms with Crippen molar-refractivity contribution in [3.8, 4) is 11.3 Å². The Morgan fingerprint density at radius 1 is 1.25 bits per heavy atom. The van der Waals surface area contributed by atoms with E-state index in [0.29, 0.717) is 22.5 Å². The van der Waals surface area contributed by atoms with Crippen LogP contribution in [-0.4, -0.2) is 9.97 Å². The molecule has 0 fully saturated rings. The third-order valence-electron chi connectivity index (χ3n) is 2.35. The van der Waals surface area contributed by atoms with Gasteiger partial charge in [-0.05, 0) is 31.5 Å². The van der Waals surface area contributed by atoms with Crippen molar-refractivity contribution in [1.82, 2.24) is 9.97 Å².